The van der Waals surface area contributed by atoms with Crippen LogP contribution in [0.1, 0.15) is 52.0 Å². The first-order chi connectivity index (χ1) is 11.3. The van der Waals surface area contributed by atoms with Crippen molar-refractivity contribution in [2.75, 3.05) is 6.54 Å². The molecule has 1 saturated carbocycles. The summed E-state index contributed by atoms with van der Waals surface area (Å²) in [7, 11) is 0. The molecule has 0 radical (unpaired) electrons. The SMILES string of the molecule is CC(C)(C)OC(=O)NCC(NCc1cccc(F)c1)C1CCCC1. The molecule has 134 valence electrons. The highest BCUT2D eigenvalue weighted by Gasteiger charge is 2.26. The maximum Gasteiger partial charge on any atom is 0.407 e. The number of carbonyl (C=O) groups excluding carboxylic acids is 1. The van der Waals surface area contributed by atoms with Crippen LogP contribution in [0.3, 0.4) is 0 Å². The molecule has 2 rings (SSSR count). The molecule has 1 amide bonds. The van der Waals surface area contributed by atoms with Gasteiger partial charge in [0.1, 0.15) is 11.4 Å². The van der Waals surface area contributed by atoms with Gasteiger partial charge in [-0.15, -0.1) is 0 Å². The fourth-order valence-electron chi connectivity index (χ4n) is 3.17. The van der Waals surface area contributed by atoms with Crippen molar-refractivity contribution in [3.05, 3.63) is 35.6 Å². The van der Waals surface area contributed by atoms with Gasteiger partial charge in [-0.1, -0.05) is 25.0 Å². The van der Waals surface area contributed by atoms with Gasteiger partial charge in [0.2, 0.25) is 0 Å². The summed E-state index contributed by atoms with van der Waals surface area (Å²) in [6.45, 7) is 6.67. The van der Waals surface area contributed by atoms with Gasteiger partial charge in [0, 0.05) is 19.1 Å². The molecule has 0 heterocycles. The van der Waals surface area contributed by atoms with E-state index in [9.17, 15) is 9.18 Å². The fourth-order valence-corrected chi connectivity index (χ4v) is 3.17. The summed E-state index contributed by atoms with van der Waals surface area (Å²) in [4.78, 5) is 11.9. The highest BCUT2D eigenvalue weighted by atomic mass is 19.1. The number of nitrogens with one attached hydrogen (secondary N) is 2. The number of hydrogen-bond acceptors (Lipinski definition) is 3. The third-order valence-corrected chi connectivity index (χ3v) is 4.29. The normalized spacial score (nSPS) is 16.8. The van der Waals surface area contributed by atoms with E-state index < -0.39 is 11.7 Å². The average Bonchev–Trinajstić information content (AvgIpc) is 2.99. The van der Waals surface area contributed by atoms with Gasteiger partial charge in [0.15, 0.2) is 0 Å². The third-order valence-electron chi connectivity index (χ3n) is 4.29. The number of alkyl carbamates (subject to hydrolysis) is 1. The van der Waals surface area contributed by atoms with E-state index in [1.54, 1.807) is 12.1 Å². The zero-order valence-electron chi connectivity index (χ0n) is 14.9. The molecular formula is C19H29FN2O2. The van der Waals surface area contributed by atoms with Crippen LogP contribution in [0.5, 0.6) is 0 Å². The van der Waals surface area contributed by atoms with Crippen LogP contribution in [0.4, 0.5) is 9.18 Å². The predicted octanol–water partition coefficient (Wildman–Crippen LogP) is 4.00. The molecule has 0 saturated heterocycles. The number of halogens is 1. The molecule has 4 nitrogen and oxygen atoms in total. The largest absolute Gasteiger partial charge is 0.444 e. The van der Waals surface area contributed by atoms with E-state index in [4.69, 9.17) is 4.74 Å². The first kappa shape index (κ1) is 18.7. The lowest BCUT2D eigenvalue weighted by Crippen LogP contribution is -2.45. The summed E-state index contributed by atoms with van der Waals surface area (Å²) < 4.78 is 18.6. The number of amides is 1. The first-order valence-electron chi connectivity index (χ1n) is 8.78. The van der Waals surface area contributed by atoms with Crippen LogP contribution in [0.2, 0.25) is 0 Å². The minimum absolute atomic E-state index is 0.170. The lowest BCUT2D eigenvalue weighted by atomic mass is 9.97. The van der Waals surface area contributed by atoms with Gasteiger partial charge in [-0.2, -0.15) is 0 Å². The number of benzene rings is 1. The van der Waals surface area contributed by atoms with E-state index in [0.29, 0.717) is 19.0 Å². The Bertz CT molecular complexity index is 536. The Morgan fingerprint density at radius 1 is 1.33 bits per heavy atom. The summed E-state index contributed by atoms with van der Waals surface area (Å²) in [6.07, 6.45) is 4.40. The van der Waals surface area contributed by atoms with E-state index in [1.165, 1.54) is 18.9 Å². The molecule has 0 spiro atoms. The molecule has 5 heteroatoms. The van der Waals surface area contributed by atoms with Gasteiger partial charge < -0.3 is 15.4 Å². The summed E-state index contributed by atoms with van der Waals surface area (Å²) >= 11 is 0. The lowest BCUT2D eigenvalue weighted by molar-refractivity contribution is 0.0518. The van der Waals surface area contributed by atoms with Crippen molar-refractivity contribution in [3.8, 4) is 0 Å². The van der Waals surface area contributed by atoms with Gasteiger partial charge >= 0.3 is 6.09 Å². The average molecular weight is 336 g/mol. The van der Waals surface area contributed by atoms with Gasteiger partial charge in [-0.3, -0.25) is 0 Å². The van der Waals surface area contributed by atoms with E-state index in [2.05, 4.69) is 10.6 Å². The fraction of sp³-hybridized carbons (Fsp3) is 0.632. The maximum atomic E-state index is 13.3. The van der Waals surface area contributed by atoms with Crippen LogP contribution in [0.15, 0.2) is 24.3 Å². The molecule has 1 aliphatic rings. The van der Waals surface area contributed by atoms with Crippen molar-refractivity contribution >= 4 is 6.09 Å². The Labute approximate surface area is 144 Å². The Morgan fingerprint density at radius 2 is 2.04 bits per heavy atom. The highest BCUT2D eigenvalue weighted by Crippen LogP contribution is 2.27. The van der Waals surface area contributed by atoms with E-state index in [1.807, 2.05) is 26.8 Å². The van der Waals surface area contributed by atoms with E-state index >= 15 is 0 Å². The van der Waals surface area contributed by atoms with Crippen LogP contribution in [0, 0.1) is 11.7 Å². The molecule has 0 bridgehead atoms. The summed E-state index contributed by atoms with van der Waals surface area (Å²) in [5, 5.41) is 6.35. The smallest absolute Gasteiger partial charge is 0.407 e. The molecule has 1 atom stereocenters. The van der Waals surface area contributed by atoms with Crippen molar-refractivity contribution in [3.63, 3.8) is 0 Å². The van der Waals surface area contributed by atoms with Crippen LogP contribution in [0.25, 0.3) is 0 Å². The van der Waals surface area contributed by atoms with Crippen LogP contribution >= 0.6 is 0 Å². The van der Waals surface area contributed by atoms with Crippen molar-refractivity contribution in [1.82, 2.24) is 10.6 Å². The van der Waals surface area contributed by atoms with E-state index in [0.717, 1.165) is 18.4 Å². The Balaban J connectivity index is 1.88. The van der Waals surface area contributed by atoms with Crippen LogP contribution in [-0.4, -0.2) is 24.3 Å². The molecule has 1 aromatic carbocycles. The third kappa shape index (κ3) is 6.48. The van der Waals surface area contributed by atoms with Crippen molar-refractivity contribution in [2.24, 2.45) is 5.92 Å². The number of ether oxygens (including phenoxy) is 1. The van der Waals surface area contributed by atoms with E-state index in [-0.39, 0.29) is 11.9 Å². The zero-order chi connectivity index (χ0) is 17.6. The zero-order valence-corrected chi connectivity index (χ0v) is 14.9. The van der Waals surface area contributed by atoms with Crippen molar-refractivity contribution in [1.29, 1.82) is 0 Å². The number of carbonyl (C=O) groups is 1. The molecular weight excluding hydrogens is 307 g/mol. The standard InChI is InChI=1S/C19H29FN2O2/c1-19(2,3)24-18(23)22-13-17(15-8-4-5-9-15)21-12-14-7-6-10-16(20)11-14/h6-7,10-11,15,17,21H,4-5,8-9,12-13H2,1-3H3,(H,22,23). The summed E-state index contributed by atoms with van der Waals surface area (Å²) in [5.74, 6) is 0.312. The maximum absolute atomic E-state index is 13.3. The van der Waals surface area contributed by atoms with Crippen LogP contribution < -0.4 is 10.6 Å². The first-order valence-corrected chi connectivity index (χ1v) is 8.78. The Kier molecular flexibility index (Phi) is 6.60. The van der Waals surface area contributed by atoms with Crippen LogP contribution in [-0.2, 0) is 11.3 Å². The molecule has 0 aromatic heterocycles. The molecule has 24 heavy (non-hydrogen) atoms. The van der Waals surface area contributed by atoms with Gasteiger partial charge in [-0.05, 0) is 57.2 Å². The number of rotatable bonds is 6. The quantitative estimate of drug-likeness (QED) is 0.825. The second kappa shape index (κ2) is 8.47. The summed E-state index contributed by atoms with van der Waals surface area (Å²) in [5.41, 5.74) is 0.414. The second-order valence-corrected chi connectivity index (χ2v) is 7.54. The second-order valence-electron chi connectivity index (χ2n) is 7.54. The molecule has 0 aliphatic heterocycles. The summed E-state index contributed by atoms with van der Waals surface area (Å²) in [6, 6.07) is 6.78. The van der Waals surface area contributed by atoms with Crippen molar-refractivity contribution in [2.45, 2.75) is 64.6 Å². The Morgan fingerprint density at radius 3 is 2.67 bits per heavy atom. The minimum atomic E-state index is -0.498. The molecule has 1 fully saturated rings. The molecule has 2 N–H and O–H groups in total. The highest BCUT2D eigenvalue weighted by molar-refractivity contribution is 5.67. The molecule has 1 unspecified atom stereocenters. The topological polar surface area (TPSA) is 50.4 Å². The Hall–Kier alpha value is -1.62. The molecule has 1 aliphatic carbocycles. The van der Waals surface area contributed by atoms with Gasteiger partial charge in [0.25, 0.3) is 0 Å². The van der Waals surface area contributed by atoms with Gasteiger partial charge in [0.05, 0.1) is 0 Å². The predicted molar refractivity (Wildman–Crippen MR) is 93.2 cm³/mol. The minimum Gasteiger partial charge on any atom is -0.444 e. The monoisotopic (exact) mass is 336 g/mol. The lowest BCUT2D eigenvalue weighted by Gasteiger charge is -2.26. The van der Waals surface area contributed by atoms with Gasteiger partial charge in [-0.25, -0.2) is 9.18 Å². The molecule has 1 aromatic rings. The van der Waals surface area contributed by atoms with Crippen molar-refractivity contribution < 1.29 is 13.9 Å². The number of hydrogen-bond donors (Lipinski definition) is 2.